The number of hydrogen-bond acceptors (Lipinski definition) is 3. The molecule has 1 aromatic carbocycles. The molecule has 0 aliphatic rings. The molecule has 0 aromatic heterocycles. The lowest BCUT2D eigenvalue weighted by molar-refractivity contribution is -0.119. The monoisotopic (exact) mass is 294 g/mol. The smallest absolute Gasteiger partial charge is 0.230 e. The highest BCUT2D eigenvalue weighted by molar-refractivity contribution is 8.00. The Labute approximate surface area is 126 Å². The van der Waals surface area contributed by atoms with Gasteiger partial charge in [-0.25, -0.2) is 0 Å². The summed E-state index contributed by atoms with van der Waals surface area (Å²) in [7, 11) is 0. The highest BCUT2D eigenvalue weighted by Crippen LogP contribution is 2.18. The molecule has 20 heavy (non-hydrogen) atoms. The Morgan fingerprint density at radius 3 is 2.35 bits per heavy atom. The van der Waals surface area contributed by atoms with Crippen LogP contribution >= 0.6 is 11.8 Å². The van der Waals surface area contributed by atoms with Crippen LogP contribution in [0.25, 0.3) is 0 Å². The average molecular weight is 294 g/mol. The lowest BCUT2D eigenvalue weighted by atomic mass is 10.2. The van der Waals surface area contributed by atoms with E-state index in [-0.39, 0.29) is 11.9 Å². The summed E-state index contributed by atoms with van der Waals surface area (Å²) < 4.78 is 0. The minimum atomic E-state index is 0.0904. The number of carbonyl (C=O) groups excluding carboxylic acids is 1. The van der Waals surface area contributed by atoms with Gasteiger partial charge >= 0.3 is 0 Å². The second-order valence-corrected chi connectivity index (χ2v) is 6.73. The number of hydrogen-bond donors (Lipinski definition) is 2. The summed E-state index contributed by atoms with van der Waals surface area (Å²) in [6, 6.07) is 8.61. The normalized spacial score (nSPS) is 11.1. The summed E-state index contributed by atoms with van der Waals surface area (Å²) in [6.07, 6.45) is 0. The Morgan fingerprint density at radius 1 is 1.15 bits per heavy atom. The fraction of sp³-hybridized carbons (Fsp3) is 0.562. The highest BCUT2D eigenvalue weighted by atomic mass is 32.2. The van der Waals surface area contributed by atoms with Crippen molar-refractivity contribution in [2.24, 2.45) is 5.92 Å². The van der Waals surface area contributed by atoms with Crippen LogP contribution in [0.3, 0.4) is 0 Å². The quantitative estimate of drug-likeness (QED) is 0.724. The Balaban J connectivity index is 2.33. The molecule has 3 nitrogen and oxygen atoms in total. The SMILES string of the molecule is CC(C)CNCc1ccc(SCC(=O)NC(C)C)cc1. The van der Waals surface area contributed by atoms with Gasteiger partial charge in [0, 0.05) is 17.5 Å². The van der Waals surface area contributed by atoms with Gasteiger partial charge in [0.1, 0.15) is 0 Å². The van der Waals surface area contributed by atoms with Gasteiger partial charge in [0.05, 0.1) is 5.75 Å². The summed E-state index contributed by atoms with van der Waals surface area (Å²) in [6.45, 7) is 10.3. The molecule has 0 radical (unpaired) electrons. The fourth-order valence-electron chi connectivity index (χ4n) is 1.72. The molecule has 0 atom stereocenters. The molecule has 1 rings (SSSR count). The number of nitrogens with one attached hydrogen (secondary N) is 2. The molecule has 0 fully saturated rings. The van der Waals surface area contributed by atoms with Crippen LogP contribution in [-0.2, 0) is 11.3 Å². The fourth-order valence-corrected chi connectivity index (χ4v) is 2.43. The third-order valence-electron chi connectivity index (χ3n) is 2.62. The second-order valence-electron chi connectivity index (χ2n) is 5.68. The molecule has 0 heterocycles. The first kappa shape index (κ1) is 17.1. The minimum absolute atomic E-state index is 0.0904. The molecule has 0 aliphatic heterocycles. The zero-order chi connectivity index (χ0) is 15.0. The van der Waals surface area contributed by atoms with E-state index in [1.807, 2.05) is 13.8 Å². The van der Waals surface area contributed by atoms with E-state index in [4.69, 9.17) is 0 Å². The van der Waals surface area contributed by atoms with Gasteiger partial charge in [-0.15, -0.1) is 11.8 Å². The van der Waals surface area contributed by atoms with Crippen LogP contribution in [0.5, 0.6) is 0 Å². The van der Waals surface area contributed by atoms with Gasteiger partial charge in [0.15, 0.2) is 0 Å². The van der Waals surface area contributed by atoms with Crippen molar-refractivity contribution >= 4 is 17.7 Å². The van der Waals surface area contributed by atoms with E-state index in [0.29, 0.717) is 11.7 Å². The van der Waals surface area contributed by atoms with E-state index in [2.05, 4.69) is 48.7 Å². The van der Waals surface area contributed by atoms with Crippen molar-refractivity contribution in [2.45, 2.75) is 45.2 Å². The molecule has 0 spiro atoms. The predicted molar refractivity (Wildman–Crippen MR) is 87.0 cm³/mol. The first-order valence-corrected chi connectivity index (χ1v) is 8.17. The van der Waals surface area contributed by atoms with Gasteiger partial charge in [-0.05, 0) is 44.0 Å². The van der Waals surface area contributed by atoms with Gasteiger partial charge < -0.3 is 10.6 Å². The van der Waals surface area contributed by atoms with Crippen LogP contribution in [0, 0.1) is 5.92 Å². The lowest BCUT2D eigenvalue weighted by Crippen LogP contribution is -2.31. The first-order valence-electron chi connectivity index (χ1n) is 7.19. The Morgan fingerprint density at radius 2 is 1.80 bits per heavy atom. The van der Waals surface area contributed by atoms with E-state index in [1.165, 1.54) is 5.56 Å². The van der Waals surface area contributed by atoms with Gasteiger partial charge in [-0.1, -0.05) is 26.0 Å². The molecule has 112 valence electrons. The summed E-state index contributed by atoms with van der Waals surface area (Å²) in [5, 5.41) is 6.31. The second kappa shape index (κ2) is 9.03. The number of thioether (sulfide) groups is 1. The van der Waals surface area contributed by atoms with E-state index >= 15 is 0 Å². The summed E-state index contributed by atoms with van der Waals surface area (Å²) in [5.41, 5.74) is 1.28. The van der Waals surface area contributed by atoms with E-state index in [9.17, 15) is 4.79 Å². The van der Waals surface area contributed by atoms with Crippen LogP contribution in [0.2, 0.25) is 0 Å². The summed E-state index contributed by atoms with van der Waals surface area (Å²) >= 11 is 1.58. The predicted octanol–water partition coefficient (Wildman–Crippen LogP) is 3.05. The van der Waals surface area contributed by atoms with Gasteiger partial charge in [-0.2, -0.15) is 0 Å². The van der Waals surface area contributed by atoms with E-state index < -0.39 is 0 Å². The molecule has 2 N–H and O–H groups in total. The maximum absolute atomic E-state index is 11.6. The standard InChI is InChI=1S/C16H26N2OS/c1-12(2)9-17-10-14-5-7-15(8-6-14)20-11-16(19)18-13(3)4/h5-8,12-13,17H,9-11H2,1-4H3,(H,18,19). The topological polar surface area (TPSA) is 41.1 Å². The number of carbonyl (C=O) groups is 1. The van der Waals surface area contributed by atoms with Crippen molar-refractivity contribution in [1.29, 1.82) is 0 Å². The number of rotatable bonds is 8. The van der Waals surface area contributed by atoms with Crippen molar-refractivity contribution in [1.82, 2.24) is 10.6 Å². The molecular formula is C16H26N2OS. The molecule has 0 saturated heterocycles. The first-order chi connectivity index (χ1) is 9.47. The van der Waals surface area contributed by atoms with Gasteiger partial charge in [0.25, 0.3) is 0 Å². The molecule has 4 heteroatoms. The van der Waals surface area contributed by atoms with E-state index in [1.54, 1.807) is 11.8 Å². The molecule has 1 amide bonds. The maximum atomic E-state index is 11.6. The Kier molecular flexibility index (Phi) is 7.70. The molecule has 0 unspecified atom stereocenters. The molecule has 0 bridgehead atoms. The Hall–Kier alpha value is -1.00. The van der Waals surface area contributed by atoms with Crippen LogP contribution in [0.15, 0.2) is 29.2 Å². The third-order valence-corrected chi connectivity index (χ3v) is 3.64. The van der Waals surface area contributed by atoms with Crippen molar-refractivity contribution in [3.8, 4) is 0 Å². The van der Waals surface area contributed by atoms with Crippen LogP contribution in [-0.4, -0.2) is 24.2 Å². The van der Waals surface area contributed by atoms with Crippen LogP contribution < -0.4 is 10.6 Å². The highest BCUT2D eigenvalue weighted by Gasteiger charge is 2.04. The zero-order valence-electron chi connectivity index (χ0n) is 12.9. The largest absolute Gasteiger partial charge is 0.353 e. The molecular weight excluding hydrogens is 268 g/mol. The summed E-state index contributed by atoms with van der Waals surface area (Å²) in [5.74, 6) is 1.24. The number of benzene rings is 1. The van der Waals surface area contributed by atoms with Gasteiger partial charge in [-0.3, -0.25) is 4.79 Å². The summed E-state index contributed by atoms with van der Waals surface area (Å²) in [4.78, 5) is 12.7. The third kappa shape index (κ3) is 7.56. The van der Waals surface area contributed by atoms with Gasteiger partial charge in [0.2, 0.25) is 5.91 Å². The maximum Gasteiger partial charge on any atom is 0.230 e. The lowest BCUT2D eigenvalue weighted by Gasteiger charge is -2.09. The Bertz CT molecular complexity index is 401. The molecule has 1 aromatic rings. The zero-order valence-corrected chi connectivity index (χ0v) is 13.7. The number of amides is 1. The molecule has 0 saturated carbocycles. The van der Waals surface area contributed by atoms with Crippen molar-refractivity contribution in [3.05, 3.63) is 29.8 Å². The van der Waals surface area contributed by atoms with Crippen molar-refractivity contribution < 1.29 is 4.79 Å². The van der Waals surface area contributed by atoms with Crippen molar-refractivity contribution in [2.75, 3.05) is 12.3 Å². The average Bonchev–Trinajstić information content (AvgIpc) is 2.36. The minimum Gasteiger partial charge on any atom is -0.353 e. The van der Waals surface area contributed by atoms with Crippen LogP contribution in [0.4, 0.5) is 0 Å². The van der Waals surface area contributed by atoms with Crippen LogP contribution in [0.1, 0.15) is 33.3 Å². The van der Waals surface area contributed by atoms with E-state index in [0.717, 1.165) is 18.0 Å². The van der Waals surface area contributed by atoms with Crippen molar-refractivity contribution in [3.63, 3.8) is 0 Å². The molecule has 0 aliphatic carbocycles.